The van der Waals surface area contributed by atoms with Crippen molar-refractivity contribution in [2.45, 2.75) is 12.2 Å². The Morgan fingerprint density at radius 1 is 0.500 bits per heavy atom. The molecule has 0 aliphatic carbocycles. The van der Waals surface area contributed by atoms with Gasteiger partial charge in [-0.2, -0.15) is 0 Å². The highest BCUT2D eigenvalue weighted by molar-refractivity contribution is 5.47. The van der Waals surface area contributed by atoms with Crippen LogP contribution in [0.25, 0.3) is 0 Å². The Labute approximate surface area is 237 Å². The van der Waals surface area contributed by atoms with Gasteiger partial charge < -0.3 is 29.5 Å². The second-order valence-corrected chi connectivity index (χ2v) is 10.6. The highest BCUT2D eigenvalue weighted by Crippen LogP contribution is 2.20. The standard InChI is InChI=1S/C32H42N4O4/c37-29(23-33-15-19-35(20-16-33)27-7-3-1-4-8-27)25-39-31-11-13-32(14-12-31)40-26-30(38)24-34-17-21-36(22-18-34)28-9-5-2-6-10-28/h1-14,29-30,37-38H,15-26H2/t29-,30+. The molecule has 2 aliphatic heterocycles. The molecule has 0 unspecified atom stereocenters. The van der Waals surface area contributed by atoms with E-state index in [9.17, 15) is 10.2 Å². The van der Waals surface area contributed by atoms with Crippen LogP contribution in [-0.4, -0.2) is 111 Å². The number of hydrogen-bond acceptors (Lipinski definition) is 8. The molecule has 5 rings (SSSR count). The lowest BCUT2D eigenvalue weighted by Gasteiger charge is -2.36. The minimum Gasteiger partial charge on any atom is -0.491 e. The van der Waals surface area contributed by atoms with E-state index in [1.807, 2.05) is 36.4 Å². The van der Waals surface area contributed by atoms with Gasteiger partial charge in [-0.3, -0.25) is 9.80 Å². The first-order valence-corrected chi connectivity index (χ1v) is 14.4. The third kappa shape index (κ3) is 8.35. The van der Waals surface area contributed by atoms with Crippen LogP contribution in [0.15, 0.2) is 84.9 Å². The fourth-order valence-electron chi connectivity index (χ4n) is 5.37. The Kier molecular flexibility index (Phi) is 10.1. The van der Waals surface area contributed by atoms with E-state index in [2.05, 4.69) is 68.1 Å². The topological polar surface area (TPSA) is 71.9 Å². The fraction of sp³-hybridized carbons (Fsp3) is 0.438. The van der Waals surface area contributed by atoms with Crippen LogP contribution in [0.4, 0.5) is 11.4 Å². The Morgan fingerprint density at radius 3 is 1.20 bits per heavy atom. The molecule has 8 nitrogen and oxygen atoms in total. The van der Waals surface area contributed by atoms with Crippen molar-refractivity contribution >= 4 is 11.4 Å². The van der Waals surface area contributed by atoms with Gasteiger partial charge in [-0.25, -0.2) is 0 Å². The molecular formula is C32H42N4O4. The number of rotatable bonds is 12. The number of ether oxygens (including phenoxy) is 2. The summed E-state index contributed by atoms with van der Waals surface area (Å²) in [5, 5.41) is 21.0. The van der Waals surface area contributed by atoms with Crippen molar-refractivity contribution < 1.29 is 19.7 Å². The zero-order valence-electron chi connectivity index (χ0n) is 23.2. The largest absolute Gasteiger partial charge is 0.491 e. The van der Waals surface area contributed by atoms with Crippen molar-refractivity contribution in [3.63, 3.8) is 0 Å². The first-order valence-electron chi connectivity index (χ1n) is 14.4. The van der Waals surface area contributed by atoms with Gasteiger partial charge in [0.2, 0.25) is 0 Å². The van der Waals surface area contributed by atoms with Crippen molar-refractivity contribution in [1.29, 1.82) is 0 Å². The quantitative estimate of drug-likeness (QED) is 0.360. The van der Waals surface area contributed by atoms with Crippen LogP contribution in [0.3, 0.4) is 0 Å². The van der Waals surface area contributed by atoms with Crippen molar-refractivity contribution in [2.24, 2.45) is 0 Å². The molecule has 0 bridgehead atoms. The van der Waals surface area contributed by atoms with Gasteiger partial charge in [0.1, 0.15) is 36.9 Å². The highest BCUT2D eigenvalue weighted by atomic mass is 16.5. The monoisotopic (exact) mass is 546 g/mol. The minimum absolute atomic E-state index is 0.245. The number of anilines is 2. The molecule has 0 amide bonds. The molecule has 8 heteroatoms. The summed E-state index contributed by atoms with van der Waals surface area (Å²) in [6.45, 7) is 9.22. The maximum Gasteiger partial charge on any atom is 0.119 e. The molecule has 2 atom stereocenters. The van der Waals surface area contributed by atoms with Crippen LogP contribution < -0.4 is 19.3 Å². The molecule has 0 saturated carbocycles. The van der Waals surface area contributed by atoms with Crippen molar-refractivity contribution in [1.82, 2.24) is 9.80 Å². The van der Waals surface area contributed by atoms with E-state index < -0.39 is 12.2 Å². The molecular weight excluding hydrogens is 504 g/mol. The summed E-state index contributed by atoms with van der Waals surface area (Å²) < 4.78 is 11.6. The summed E-state index contributed by atoms with van der Waals surface area (Å²) in [5.74, 6) is 1.38. The van der Waals surface area contributed by atoms with Gasteiger partial charge in [-0.05, 0) is 48.5 Å². The third-order valence-corrected chi connectivity index (χ3v) is 7.63. The molecule has 2 saturated heterocycles. The number of β-amino-alcohol motifs (C(OH)–C–C–N with tert-alkyl or cyclic N) is 2. The van der Waals surface area contributed by atoms with Crippen molar-refractivity contribution in [3.8, 4) is 11.5 Å². The van der Waals surface area contributed by atoms with Gasteiger partial charge in [-0.15, -0.1) is 0 Å². The van der Waals surface area contributed by atoms with Crippen molar-refractivity contribution in [2.75, 3.05) is 88.5 Å². The third-order valence-electron chi connectivity index (χ3n) is 7.63. The molecule has 3 aromatic carbocycles. The molecule has 0 aromatic heterocycles. The predicted octanol–water partition coefficient (Wildman–Crippen LogP) is 2.81. The summed E-state index contributed by atoms with van der Waals surface area (Å²) in [5.41, 5.74) is 2.51. The number of aliphatic hydroxyl groups is 2. The van der Waals surface area contributed by atoms with E-state index in [-0.39, 0.29) is 13.2 Å². The fourth-order valence-corrected chi connectivity index (χ4v) is 5.37. The molecule has 2 aliphatic rings. The van der Waals surface area contributed by atoms with Crippen LogP contribution in [0, 0.1) is 0 Å². The van der Waals surface area contributed by atoms with Gasteiger partial charge in [0.25, 0.3) is 0 Å². The van der Waals surface area contributed by atoms with Crippen molar-refractivity contribution in [3.05, 3.63) is 84.9 Å². The van der Waals surface area contributed by atoms with Gasteiger partial charge in [-0.1, -0.05) is 36.4 Å². The maximum atomic E-state index is 10.5. The summed E-state index contributed by atoms with van der Waals surface area (Å²) in [7, 11) is 0. The van der Waals surface area contributed by atoms with Crippen LogP contribution in [0.2, 0.25) is 0 Å². The second-order valence-electron chi connectivity index (χ2n) is 10.6. The number of hydrogen-bond donors (Lipinski definition) is 2. The molecule has 2 heterocycles. The lowest BCUT2D eigenvalue weighted by molar-refractivity contribution is 0.0650. The van der Waals surface area contributed by atoms with Gasteiger partial charge in [0, 0.05) is 76.8 Å². The van der Waals surface area contributed by atoms with Gasteiger partial charge >= 0.3 is 0 Å². The van der Waals surface area contributed by atoms with E-state index in [1.165, 1.54) is 11.4 Å². The van der Waals surface area contributed by atoms with Gasteiger partial charge in [0.15, 0.2) is 0 Å². The normalized spacial score (nSPS) is 18.4. The van der Waals surface area contributed by atoms with Crippen LogP contribution in [0.1, 0.15) is 0 Å². The smallest absolute Gasteiger partial charge is 0.119 e. The average Bonchev–Trinajstić information content (AvgIpc) is 3.01. The molecule has 40 heavy (non-hydrogen) atoms. The molecule has 2 N–H and O–H groups in total. The Hall–Kier alpha value is -3.30. The van der Waals surface area contributed by atoms with E-state index in [4.69, 9.17) is 9.47 Å². The first-order chi connectivity index (χ1) is 19.6. The molecule has 0 radical (unpaired) electrons. The maximum absolute atomic E-state index is 10.5. The van der Waals surface area contributed by atoms with Crippen LogP contribution >= 0.6 is 0 Å². The van der Waals surface area contributed by atoms with E-state index in [0.717, 1.165) is 52.4 Å². The molecule has 2 fully saturated rings. The van der Waals surface area contributed by atoms with Crippen LogP contribution in [-0.2, 0) is 0 Å². The van der Waals surface area contributed by atoms with E-state index in [1.54, 1.807) is 0 Å². The van der Waals surface area contributed by atoms with E-state index in [0.29, 0.717) is 24.6 Å². The summed E-state index contributed by atoms with van der Waals surface area (Å²) in [4.78, 5) is 9.35. The van der Waals surface area contributed by atoms with Crippen LogP contribution in [0.5, 0.6) is 11.5 Å². The summed E-state index contributed by atoms with van der Waals surface area (Å²) in [6.07, 6.45) is -1.10. The number of para-hydroxylation sites is 2. The number of benzene rings is 3. The number of piperazine rings is 2. The molecule has 3 aromatic rings. The average molecular weight is 547 g/mol. The predicted molar refractivity (Wildman–Crippen MR) is 160 cm³/mol. The second kappa shape index (κ2) is 14.4. The Bertz CT molecular complexity index is 1030. The SMILES string of the molecule is O[C@H](COc1ccc(OC[C@H](O)CN2CCN(c3ccccc3)CC2)cc1)CN1CCN(c2ccccc2)CC1. The lowest BCUT2D eigenvalue weighted by atomic mass is 10.2. The lowest BCUT2D eigenvalue weighted by Crippen LogP contribution is -2.49. The Morgan fingerprint density at radius 2 is 0.850 bits per heavy atom. The molecule has 0 spiro atoms. The van der Waals surface area contributed by atoms with Gasteiger partial charge in [0.05, 0.1) is 0 Å². The minimum atomic E-state index is -0.552. The van der Waals surface area contributed by atoms with E-state index >= 15 is 0 Å². The highest BCUT2D eigenvalue weighted by Gasteiger charge is 2.21. The zero-order chi connectivity index (χ0) is 27.6. The summed E-state index contributed by atoms with van der Waals surface area (Å²) >= 11 is 0. The number of aliphatic hydroxyl groups excluding tert-OH is 2. The molecule has 214 valence electrons. The summed E-state index contributed by atoms with van der Waals surface area (Å²) in [6, 6.07) is 28.3. The number of nitrogens with zero attached hydrogens (tertiary/aromatic N) is 4. The zero-order valence-corrected chi connectivity index (χ0v) is 23.2. The Balaban J connectivity index is 0.952. The first kappa shape index (κ1) is 28.2.